The highest BCUT2D eigenvalue weighted by Crippen LogP contribution is 2.21. The first-order valence-corrected chi connectivity index (χ1v) is 7.45. The van der Waals surface area contributed by atoms with E-state index in [9.17, 15) is 19.5 Å². The van der Waals surface area contributed by atoms with E-state index in [4.69, 9.17) is 18.7 Å². The number of carboxylic acid groups (broad SMARTS) is 1. The summed E-state index contributed by atoms with van der Waals surface area (Å²) in [5.74, 6) is -3.70. The maximum absolute atomic E-state index is 12.4. The van der Waals surface area contributed by atoms with Crippen molar-refractivity contribution in [3.8, 4) is 0 Å². The number of ether oxygens (including phenoxy) is 2. The van der Waals surface area contributed by atoms with Crippen molar-refractivity contribution in [3.05, 3.63) is 24.2 Å². The van der Waals surface area contributed by atoms with Crippen molar-refractivity contribution in [1.82, 2.24) is 0 Å². The molecule has 1 rings (SSSR count). The molecule has 1 aromatic rings. The van der Waals surface area contributed by atoms with Gasteiger partial charge in [-0.2, -0.15) is 0 Å². The van der Waals surface area contributed by atoms with Gasteiger partial charge in [-0.25, -0.2) is 14.4 Å². The smallest absolute Gasteiger partial charge is 0.365 e. The monoisotopic (exact) mass is 355 g/mol. The van der Waals surface area contributed by atoms with Gasteiger partial charge in [0.1, 0.15) is 5.60 Å². The number of hydrogen-bond donors (Lipinski definition) is 1. The molecule has 0 aliphatic carbocycles. The van der Waals surface area contributed by atoms with Crippen molar-refractivity contribution in [2.24, 2.45) is 5.16 Å². The summed E-state index contributed by atoms with van der Waals surface area (Å²) < 4.78 is 14.9. The third-order valence-electron chi connectivity index (χ3n) is 2.73. The summed E-state index contributed by atoms with van der Waals surface area (Å²) >= 11 is 0. The summed E-state index contributed by atoms with van der Waals surface area (Å²) in [7, 11) is 0. The van der Waals surface area contributed by atoms with Crippen LogP contribution in [0.3, 0.4) is 0 Å². The Morgan fingerprint density at radius 3 is 2.28 bits per heavy atom. The molecule has 0 saturated carbocycles. The number of rotatable bonds is 7. The summed E-state index contributed by atoms with van der Waals surface area (Å²) in [6.45, 7) is 7.42. The lowest BCUT2D eigenvalue weighted by Gasteiger charge is -2.27. The van der Waals surface area contributed by atoms with Crippen molar-refractivity contribution < 1.29 is 38.2 Å². The summed E-state index contributed by atoms with van der Waals surface area (Å²) in [5, 5.41) is 12.6. The van der Waals surface area contributed by atoms with Crippen LogP contribution in [0.15, 0.2) is 28.0 Å². The lowest BCUT2D eigenvalue weighted by Crippen LogP contribution is -2.50. The fourth-order valence-electron chi connectivity index (χ4n) is 1.54. The molecular formula is C16H21NO8. The molecule has 0 spiro atoms. The topological polar surface area (TPSA) is 125 Å². The van der Waals surface area contributed by atoms with Gasteiger partial charge in [0, 0.05) is 6.92 Å². The van der Waals surface area contributed by atoms with E-state index < -0.39 is 34.8 Å². The SMILES string of the molecule is CCOC(=O)C(C)(ON=C(C(=O)O)c1ccco1)C(=O)OC(C)(C)C. The third-order valence-corrected chi connectivity index (χ3v) is 2.73. The molecule has 0 amide bonds. The first-order valence-electron chi connectivity index (χ1n) is 7.45. The van der Waals surface area contributed by atoms with Gasteiger partial charge >= 0.3 is 23.5 Å². The van der Waals surface area contributed by atoms with E-state index in [1.165, 1.54) is 18.4 Å². The lowest BCUT2D eigenvalue weighted by molar-refractivity contribution is -0.195. The Labute approximate surface area is 144 Å². The molecule has 0 radical (unpaired) electrons. The number of nitrogens with zero attached hydrogens (tertiary/aromatic N) is 1. The van der Waals surface area contributed by atoms with Gasteiger partial charge in [0.15, 0.2) is 5.76 Å². The summed E-state index contributed by atoms with van der Waals surface area (Å²) in [5.41, 5.74) is -3.81. The first kappa shape index (κ1) is 20.2. The van der Waals surface area contributed by atoms with Crippen LogP contribution in [0.2, 0.25) is 0 Å². The van der Waals surface area contributed by atoms with Gasteiger partial charge in [0.05, 0.1) is 12.9 Å². The lowest BCUT2D eigenvalue weighted by atomic mass is 10.1. The molecule has 0 aliphatic rings. The maximum Gasteiger partial charge on any atom is 0.365 e. The standard InChI is InChI=1S/C16H21NO8/c1-6-22-13(20)16(5,14(21)24-15(2,3)4)25-17-11(12(18)19)10-8-7-9-23-10/h7-9H,6H2,1-5H3,(H,18,19). The zero-order chi connectivity index (χ0) is 19.3. The van der Waals surface area contributed by atoms with Gasteiger partial charge in [-0.15, -0.1) is 0 Å². The molecule has 1 atom stereocenters. The van der Waals surface area contributed by atoms with Crippen molar-refractivity contribution in [2.75, 3.05) is 6.61 Å². The van der Waals surface area contributed by atoms with Gasteiger partial charge in [-0.3, -0.25) is 0 Å². The van der Waals surface area contributed by atoms with Gasteiger partial charge in [0.25, 0.3) is 0 Å². The van der Waals surface area contributed by atoms with E-state index in [1.807, 2.05) is 0 Å². The average molecular weight is 355 g/mol. The minimum Gasteiger partial charge on any atom is -0.476 e. The molecule has 0 fully saturated rings. The Balaban J connectivity index is 3.20. The van der Waals surface area contributed by atoms with Crippen LogP contribution >= 0.6 is 0 Å². The average Bonchev–Trinajstić information content (AvgIpc) is 2.99. The Morgan fingerprint density at radius 2 is 1.84 bits per heavy atom. The number of carbonyl (C=O) groups excluding carboxylic acids is 2. The van der Waals surface area contributed by atoms with Crippen LogP contribution in [0, 0.1) is 0 Å². The van der Waals surface area contributed by atoms with Crippen LogP contribution in [0.1, 0.15) is 40.4 Å². The Hall–Kier alpha value is -2.84. The zero-order valence-electron chi connectivity index (χ0n) is 14.7. The fourth-order valence-corrected chi connectivity index (χ4v) is 1.54. The van der Waals surface area contributed by atoms with Crippen LogP contribution in [-0.2, 0) is 28.7 Å². The van der Waals surface area contributed by atoms with Gasteiger partial charge in [0.2, 0.25) is 5.71 Å². The minimum atomic E-state index is -2.28. The third kappa shape index (κ3) is 5.33. The largest absolute Gasteiger partial charge is 0.476 e. The molecule has 1 N–H and O–H groups in total. The van der Waals surface area contributed by atoms with E-state index in [0.717, 1.165) is 6.92 Å². The normalized spacial score (nSPS) is 14.4. The fraction of sp³-hybridized carbons (Fsp3) is 0.500. The van der Waals surface area contributed by atoms with Gasteiger partial charge in [-0.05, 0) is 39.8 Å². The Morgan fingerprint density at radius 1 is 1.20 bits per heavy atom. The molecule has 0 aliphatic heterocycles. The highest BCUT2D eigenvalue weighted by Gasteiger charge is 2.49. The molecule has 25 heavy (non-hydrogen) atoms. The van der Waals surface area contributed by atoms with Crippen LogP contribution in [0.5, 0.6) is 0 Å². The second-order valence-electron chi connectivity index (χ2n) is 6.07. The molecule has 0 bridgehead atoms. The van der Waals surface area contributed by atoms with Gasteiger partial charge in [-0.1, -0.05) is 5.16 Å². The Bertz CT molecular complexity index is 656. The molecule has 1 aromatic heterocycles. The number of aliphatic carboxylic acids is 1. The number of esters is 2. The molecule has 138 valence electrons. The predicted molar refractivity (Wildman–Crippen MR) is 84.8 cm³/mol. The second-order valence-corrected chi connectivity index (χ2v) is 6.07. The molecule has 0 aromatic carbocycles. The Kier molecular flexibility index (Phi) is 6.32. The summed E-state index contributed by atoms with van der Waals surface area (Å²) in [6, 6.07) is 2.79. The van der Waals surface area contributed by atoms with Crippen LogP contribution < -0.4 is 0 Å². The van der Waals surface area contributed by atoms with E-state index in [2.05, 4.69) is 5.16 Å². The van der Waals surface area contributed by atoms with Gasteiger partial charge < -0.3 is 23.8 Å². The molecule has 1 unspecified atom stereocenters. The predicted octanol–water partition coefficient (Wildman–Crippen LogP) is 1.75. The maximum atomic E-state index is 12.4. The van der Waals surface area contributed by atoms with Crippen molar-refractivity contribution in [2.45, 2.75) is 45.8 Å². The molecule has 9 heteroatoms. The number of carbonyl (C=O) groups is 3. The van der Waals surface area contributed by atoms with E-state index >= 15 is 0 Å². The van der Waals surface area contributed by atoms with Crippen molar-refractivity contribution in [3.63, 3.8) is 0 Å². The number of hydrogen-bond acceptors (Lipinski definition) is 8. The van der Waals surface area contributed by atoms with E-state index in [-0.39, 0.29) is 12.4 Å². The quantitative estimate of drug-likeness (QED) is 0.339. The van der Waals surface area contributed by atoms with Crippen LogP contribution in [-0.4, -0.2) is 46.5 Å². The highest BCUT2D eigenvalue weighted by molar-refractivity contribution is 6.41. The molecule has 1 heterocycles. The molecule has 0 saturated heterocycles. The number of carboxylic acids is 1. The van der Waals surface area contributed by atoms with E-state index in [0.29, 0.717) is 0 Å². The van der Waals surface area contributed by atoms with Crippen molar-refractivity contribution >= 4 is 23.6 Å². The number of oxime groups is 1. The molecule has 9 nitrogen and oxygen atoms in total. The van der Waals surface area contributed by atoms with E-state index in [1.54, 1.807) is 27.7 Å². The minimum absolute atomic E-state index is 0.0196. The zero-order valence-corrected chi connectivity index (χ0v) is 14.7. The summed E-state index contributed by atoms with van der Waals surface area (Å²) in [6.07, 6.45) is 1.24. The second kappa shape index (κ2) is 7.82. The summed E-state index contributed by atoms with van der Waals surface area (Å²) in [4.78, 5) is 40.9. The molecular weight excluding hydrogens is 334 g/mol. The number of furan rings is 1. The van der Waals surface area contributed by atoms with Crippen molar-refractivity contribution in [1.29, 1.82) is 0 Å². The van der Waals surface area contributed by atoms with Crippen LogP contribution in [0.25, 0.3) is 0 Å². The van der Waals surface area contributed by atoms with Crippen LogP contribution in [0.4, 0.5) is 0 Å². The first-order chi connectivity index (χ1) is 11.5. The highest BCUT2D eigenvalue weighted by atomic mass is 16.7.